The van der Waals surface area contributed by atoms with E-state index in [0.29, 0.717) is 5.92 Å². The molecule has 0 spiro atoms. The fraction of sp³-hybridized carbons (Fsp3) is 0.647. The fourth-order valence-corrected chi connectivity index (χ4v) is 3.21. The van der Waals surface area contributed by atoms with E-state index in [1.807, 2.05) is 12.3 Å². The summed E-state index contributed by atoms with van der Waals surface area (Å²) >= 11 is 0. The van der Waals surface area contributed by atoms with Crippen molar-refractivity contribution in [3.8, 4) is 0 Å². The Morgan fingerprint density at radius 3 is 3.00 bits per heavy atom. The molecule has 2 N–H and O–H groups in total. The van der Waals surface area contributed by atoms with Crippen LogP contribution in [0.15, 0.2) is 29.8 Å². The molecular weight excluding hydrogens is 248 g/mol. The number of aldehydes is 1. The highest BCUT2D eigenvalue weighted by molar-refractivity contribution is 5.58. The number of carbonyl (C=O) groups is 1. The molecule has 20 heavy (non-hydrogen) atoms. The van der Waals surface area contributed by atoms with Crippen LogP contribution in [-0.4, -0.2) is 12.5 Å². The summed E-state index contributed by atoms with van der Waals surface area (Å²) in [4.78, 5) is 10.6. The van der Waals surface area contributed by atoms with Crippen molar-refractivity contribution in [3.05, 3.63) is 29.8 Å². The Labute approximate surface area is 122 Å². The van der Waals surface area contributed by atoms with Crippen molar-refractivity contribution in [2.75, 3.05) is 0 Å². The topological polar surface area (TPSA) is 41.1 Å². The van der Waals surface area contributed by atoms with E-state index in [0.717, 1.165) is 30.2 Å². The molecule has 1 aliphatic heterocycles. The molecule has 0 radical (unpaired) electrons. The largest absolute Gasteiger partial charge is 0.364 e. The number of allylic oxidation sites excluding steroid dienone is 1. The van der Waals surface area contributed by atoms with Gasteiger partial charge in [-0.25, -0.2) is 0 Å². The van der Waals surface area contributed by atoms with Gasteiger partial charge in [0.1, 0.15) is 0 Å². The third kappa shape index (κ3) is 4.01. The number of nitrogens with one attached hydrogen (secondary N) is 2. The van der Waals surface area contributed by atoms with Crippen LogP contribution in [0, 0.1) is 17.8 Å². The van der Waals surface area contributed by atoms with Crippen molar-refractivity contribution in [2.45, 2.75) is 52.1 Å². The van der Waals surface area contributed by atoms with Gasteiger partial charge in [0.25, 0.3) is 0 Å². The predicted molar refractivity (Wildman–Crippen MR) is 81.8 cm³/mol. The lowest BCUT2D eigenvalue weighted by Gasteiger charge is -2.32. The maximum absolute atomic E-state index is 10.6. The number of hydrogen-bond acceptors (Lipinski definition) is 3. The Hall–Kier alpha value is -1.47. The Morgan fingerprint density at radius 1 is 1.45 bits per heavy atom. The average Bonchev–Trinajstić information content (AvgIpc) is 2.93. The van der Waals surface area contributed by atoms with Gasteiger partial charge in [-0.3, -0.25) is 4.79 Å². The number of hydrogen-bond donors (Lipinski definition) is 2. The Kier molecular flexibility index (Phi) is 5.49. The molecule has 0 aromatic heterocycles. The second-order valence-electron chi connectivity index (χ2n) is 6.05. The Morgan fingerprint density at radius 2 is 2.30 bits per heavy atom. The highest BCUT2D eigenvalue weighted by Gasteiger charge is 2.24. The SMILES string of the molecule is CCC1CC(C=C=CCC2=CNC(C=O)N2)CCC1C. The average molecular weight is 274 g/mol. The van der Waals surface area contributed by atoms with Crippen LogP contribution in [-0.2, 0) is 4.79 Å². The van der Waals surface area contributed by atoms with Crippen molar-refractivity contribution >= 4 is 6.29 Å². The molecular formula is C17H26N2O. The first-order chi connectivity index (χ1) is 9.72. The smallest absolute Gasteiger partial charge is 0.162 e. The Bertz CT molecular complexity index is 421. The molecule has 110 valence electrons. The van der Waals surface area contributed by atoms with E-state index in [1.54, 1.807) is 0 Å². The van der Waals surface area contributed by atoms with Gasteiger partial charge in [-0.05, 0) is 49.2 Å². The molecule has 2 aliphatic rings. The van der Waals surface area contributed by atoms with Crippen LogP contribution in [0.25, 0.3) is 0 Å². The molecule has 0 bridgehead atoms. The standard InChI is InChI=1S/C17H26N2O/c1-3-15-10-14(9-8-13(15)2)6-4-5-7-16-11-18-17(12-20)19-16/h5-6,11-15,17-19H,3,7-10H2,1-2H3. The van der Waals surface area contributed by atoms with E-state index in [9.17, 15) is 4.79 Å². The van der Waals surface area contributed by atoms with Crippen LogP contribution in [0.5, 0.6) is 0 Å². The second-order valence-corrected chi connectivity index (χ2v) is 6.05. The summed E-state index contributed by atoms with van der Waals surface area (Å²) in [6.07, 6.45) is 12.8. The van der Waals surface area contributed by atoms with Gasteiger partial charge in [0.2, 0.25) is 0 Å². The summed E-state index contributed by atoms with van der Waals surface area (Å²) in [5, 5.41) is 6.06. The quantitative estimate of drug-likeness (QED) is 0.598. The number of rotatable bonds is 5. The molecule has 0 saturated heterocycles. The molecule has 3 heteroatoms. The zero-order valence-corrected chi connectivity index (χ0v) is 12.6. The van der Waals surface area contributed by atoms with Gasteiger partial charge in [0.05, 0.1) is 0 Å². The first-order valence-electron chi connectivity index (χ1n) is 7.81. The van der Waals surface area contributed by atoms with E-state index in [4.69, 9.17) is 0 Å². The Balaban J connectivity index is 1.78. The van der Waals surface area contributed by atoms with Crippen molar-refractivity contribution in [1.29, 1.82) is 0 Å². The molecule has 0 aromatic carbocycles. The first-order valence-corrected chi connectivity index (χ1v) is 7.81. The monoisotopic (exact) mass is 274 g/mol. The predicted octanol–water partition coefficient (Wildman–Crippen LogP) is 3.11. The van der Waals surface area contributed by atoms with Gasteiger partial charge in [0.15, 0.2) is 12.5 Å². The maximum Gasteiger partial charge on any atom is 0.162 e. The third-order valence-corrected chi connectivity index (χ3v) is 4.61. The molecule has 2 rings (SSSR count). The normalized spacial score (nSPS) is 32.4. The molecule has 1 aliphatic carbocycles. The highest BCUT2D eigenvalue weighted by Crippen LogP contribution is 2.35. The molecule has 1 fully saturated rings. The zero-order chi connectivity index (χ0) is 14.4. The van der Waals surface area contributed by atoms with Gasteiger partial charge in [-0.2, -0.15) is 0 Å². The summed E-state index contributed by atoms with van der Waals surface area (Å²) in [7, 11) is 0. The van der Waals surface area contributed by atoms with Gasteiger partial charge in [-0.1, -0.05) is 20.3 Å². The minimum Gasteiger partial charge on any atom is -0.364 e. The van der Waals surface area contributed by atoms with Crippen LogP contribution < -0.4 is 10.6 Å². The third-order valence-electron chi connectivity index (χ3n) is 4.61. The maximum atomic E-state index is 10.6. The van der Waals surface area contributed by atoms with Crippen LogP contribution in [0.4, 0.5) is 0 Å². The minimum absolute atomic E-state index is 0.257. The summed E-state index contributed by atoms with van der Waals surface area (Å²) in [6.45, 7) is 4.69. The van der Waals surface area contributed by atoms with Crippen molar-refractivity contribution < 1.29 is 4.79 Å². The van der Waals surface area contributed by atoms with Gasteiger partial charge in [0, 0.05) is 18.3 Å². The van der Waals surface area contributed by atoms with E-state index in [2.05, 4.69) is 36.3 Å². The van der Waals surface area contributed by atoms with Crippen molar-refractivity contribution in [1.82, 2.24) is 10.6 Å². The summed E-state index contributed by atoms with van der Waals surface area (Å²) in [5.74, 6) is 2.45. The lowest BCUT2D eigenvalue weighted by atomic mass is 9.74. The van der Waals surface area contributed by atoms with Gasteiger partial charge >= 0.3 is 0 Å². The molecule has 4 atom stereocenters. The zero-order valence-electron chi connectivity index (χ0n) is 12.6. The van der Waals surface area contributed by atoms with Crippen LogP contribution in [0.2, 0.25) is 0 Å². The van der Waals surface area contributed by atoms with E-state index in [1.165, 1.54) is 25.7 Å². The van der Waals surface area contributed by atoms with E-state index < -0.39 is 0 Å². The number of carbonyl (C=O) groups excluding carboxylic acids is 1. The van der Waals surface area contributed by atoms with Crippen molar-refractivity contribution in [3.63, 3.8) is 0 Å². The summed E-state index contributed by atoms with van der Waals surface area (Å²) in [6, 6.07) is 0. The molecule has 0 aromatic rings. The first kappa shape index (κ1) is 14.9. The minimum atomic E-state index is -0.257. The van der Waals surface area contributed by atoms with E-state index in [-0.39, 0.29) is 6.17 Å². The lowest BCUT2D eigenvalue weighted by Crippen LogP contribution is -2.33. The lowest BCUT2D eigenvalue weighted by molar-refractivity contribution is -0.109. The molecule has 3 nitrogen and oxygen atoms in total. The van der Waals surface area contributed by atoms with Gasteiger partial charge < -0.3 is 10.6 Å². The molecule has 1 heterocycles. The van der Waals surface area contributed by atoms with Crippen LogP contribution in [0.1, 0.15) is 46.0 Å². The van der Waals surface area contributed by atoms with Crippen LogP contribution >= 0.6 is 0 Å². The van der Waals surface area contributed by atoms with Crippen LogP contribution in [0.3, 0.4) is 0 Å². The fourth-order valence-electron chi connectivity index (χ4n) is 3.21. The summed E-state index contributed by atoms with van der Waals surface area (Å²) < 4.78 is 0. The molecule has 4 unspecified atom stereocenters. The van der Waals surface area contributed by atoms with E-state index >= 15 is 0 Å². The molecule has 0 amide bonds. The van der Waals surface area contributed by atoms with Crippen molar-refractivity contribution in [2.24, 2.45) is 17.8 Å². The second kappa shape index (κ2) is 7.35. The molecule has 1 saturated carbocycles. The summed E-state index contributed by atoms with van der Waals surface area (Å²) in [5.41, 5.74) is 4.38. The van der Waals surface area contributed by atoms with Gasteiger partial charge in [-0.15, -0.1) is 5.73 Å². The highest BCUT2D eigenvalue weighted by atomic mass is 16.1.